The van der Waals surface area contributed by atoms with E-state index in [2.05, 4.69) is 4.98 Å². The number of aromatic amines is 1. The molecule has 0 fully saturated rings. The van der Waals surface area contributed by atoms with E-state index < -0.39 is 17.8 Å². The Morgan fingerprint density at radius 3 is 2.29 bits per heavy atom. The van der Waals surface area contributed by atoms with Crippen LogP contribution in [0.5, 0.6) is 0 Å². The number of rotatable bonds is 7. The summed E-state index contributed by atoms with van der Waals surface area (Å²) in [5.41, 5.74) is 2.29. The molecule has 0 aliphatic heterocycles. The highest BCUT2D eigenvalue weighted by Crippen LogP contribution is 2.30. The van der Waals surface area contributed by atoms with Crippen LogP contribution in [0.1, 0.15) is 41.2 Å². The molecule has 0 spiro atoms. The second kappa shape index (κ2) is 11.4. The van der Waals surface area contributed by atoms with Gasteiger partial charge in [0.1, 0.15) is 12.4 Å². The highest BCUT2D eigenvalue weighted by atomic mass is 19.4. The average Bonchev–Trinajstić information content (AvgIpc) is 2.96. The van der Waals surface area contributed by atoms with E-state index in [1.54, 1.807) is 42.3 Å². The molecule has 3 aromatic carbocycles. The minimum absolute atomic E-state index is 0.127. The number of hydrogen-bond donors (Lipinski definition) is 0. The lowest BCUT2D eigenvalue weighted by atomic mass is 10.1. The summed E-state index contributed by atoms with van der Waals surface area (Å²) < 4.78 is 40.8. The summed E-state index contributed by atoms with van der Waals surface area (Å²) in [6, 6.07) is 23.9. The third-order valence-electron chi connectivity index (χ3n) is 7.01. The highest BCUT2D eigenvalue weighted by molar-refractivity contribution is 5.80. The molecule has 2 heterocycles. The molecule has 6 nitrogen and oxygen atoms in total. The zero-order chi connectivity index (χ0) is 29.1. The number of fused-ring (bicyclic) bond motifs is 1. The maximum absolute atomic E-state index is 13.8. The maximum atomic E-state index is 13.8. The molecule has 0 bridgehead atoms. The minimum Gasteiger partial charge on any atom is -0.322 e. The highest BCUT2D eigenvalue weighted by Gasteiger charge is 2.31. The van der Waals surface area contributed by atoms with Crippen LogP contribution in [0.15, 0.2) is 102 Å². The number of halogens is 3. The molecule has 0 aliphatic rings. The third-order valence-corrected chi connectivity index (χ3v) is 7.01. The molecule has 208 valence electrons. The molecule has 1 unspecified atom stereocenters. The number of H-pyrrole nitrogens is 1. The van der Waals surface area contributed by atoms with Crippen molar-refractivity contribution in [2.75, 3.05) is 0 Å². The number of nitrogens with one attached hydrogen (secondary N) is 1. The zero-order valence-electron chi connectivity index (χ0n) is 22.5. The molecular weight excluding hydrogens is 529 g/mol. The minimum atomic E-state index is -4.46. The van der Waals surface area contributed by atoms with Crippen molar-refractivity contribution in [3.8, 4) is 5.69 Å². The lowest BCUT2D eigenvalue weighted by Gasteiger charge is -2.29. The Morgan fingerprint density at radius 1 is 0.951 bits per heavy atom. The van der Waals surface area contributed by atoms with Crippen molar-refractivity contribution in [3.05, 3.63) is 136 Å². The van der Waals surface area contributed by atoms with Crippen LogP contribution in [0.4, 0.5) is 13.2 Å². The van der Waals surface area contributed by atoms with Gasteiger partial charge in [0.2, 0.25) is 5.91 Å². The lowest BCUT2D eigenvalue weighted by molar-refractivity contribution is -0.392. The molecule has 9 heteroatoms. The standard InChI is InChI=1S/C32H27F3N4O2/c1-21-10-16-26(17-11-21)39-30(37-28-9-4-3-8-27(28)31(39)41)22(2)38(20-25-7-5-6-18-36-25)29(40)19-23-12-14-24(15-13-23)32(33,34)35/h3-18,22H,19-20H2,1-2H3/p+1. The van der Waals surface area contributed by atoms with E-state index in [0.29, 0.717) is 28.0 Å². The quantitative estimate of drug-likeness (QED) is 0.252. The number of nitrogens with zero attached hydrogens (tertiary/aromatic N) is 3. The number of hydrogen-bond acceptors (Lipinski definition) is 3. The Hall–Kier alpha value is -4.79. The van der Waals surface area contributed by atoms with Gasteiger partial charge in [-0.15, -0.1) is 0 Å². The van der Waals surface area contributed by atoms with Gasteiger partial charge in [0.05, 0.1) is 34.6 Å². The molecule has 2 aromatic heterocycles. The first-order chi connectivity index (χ1) is 19.6. The van der Waals surface area contributed by atoms with Gasteiger partial charge in [-0.3, -0.25) is 14.2 Å². The first-order valence-electron chi connectivity index (χ1n) is 13.1. The van der Waals surface area contributed by atoms with Gasteiger partial charge in [-0.25, -0.2) is 9.97 Å². The van der Waals surface area contributed by atoms with Crippen molar-refractivity contribution < 1.29 is 22.9 Å². The summed E-state index contributed by atoms with van der Waals surface area (Å²) in [5, 5.41) is 0.447. The summed E-state index contributed by atoms with van der Waals surface area (Å²) in [4.78, 5) is 37.2. The summed E-state index contributed by atoms with van der Waals surface area (Å²) in [6.07, 6.45) is -2.85. The van der Waals surface area contributed by atoms with Crippen LogP contribution in [0.2, 0.25) is 0 Å². The van der Waals surface area contributed by atoms with E-state index in [1.165, 1.54) is 16.7 Å². The fourth-order valence-electron chi connectivity index (χ4n) is 4.75. The Bertz CT molecular complexity index is 1730. The number of amides is 1. The van der Waals surface area contributed by atoms with Crippen LogP contribution < -0.4 is 10.5 Å². The van der Waals surface area contributed by atoms with Crippen LogP contribution in [0, 0.1) is 6.92 Å². The monoisotopic (exact) mass is 557 g/mol. The van der Waals surface area contributed by atoms with Crippen molar-refractivity contribution in [1.29, 1.82) is 0 Å². The second-order valence-corrected chi connectivity index (χ2v) is 9.92. The van der Waals surface area contributed by atoms with Crippen LogP contribution >= 0.6 is 0 Å². The SMILES string of the molecule is Cc1ccc(-n2c(C(C)N(Cc3cccc[nH+]3)C(=O)Cc3ccc(C(F)(F)F)cc3)nc3ccccc3c2=O)cc1. The van der Waals surface area contributed by atoms with Crippen molar-refractivity contribution in [2.24, 2.45) is 0 Å². The predicted octanol–water partition coefficient (Wildman–Crippen LogP) is 5.86. The third kappa shape index (κ3) is 6.04. The zero-order valence-corrected chi connectivity index (χ0v) is 22.5. The molecule has 0 radical (unpaired) electrons. The number of alkyl halides is 3. The summed E-state index contributed by atoms with van der Waals surface area (Å²) >= 11 is 0. The predicted molar refractivity (Wildman–Crippen MR) is 149 cm³/mol. The van der Waals surface area contributed by atoms with E-state index in [-0.39, 0.29) is 24.4 Å². The largest absolute Gasteiger partial charge is 0.416 e. The number of para-hydroxylation sites is 1. The van der Waals surface area contributed by atoms with Crippen molar-refractivity contribution >= 4 is 16.8 Å². The van der Waals surface area contributed by atoms with Crippen molar-refractivity contribution in [2.45, 2.75) is 39.0 Å². The molecule has 1 atom stereocenters. The summed E-state index contributed by atoms with van der Waals surface area (Å²) in [7, 11) is 0. The number of aromatic nitrogens is 3. The molecule has 1 amide bonds. The van der Waals surface area contributed by atoms with Gasteiger partial charge in [-0.05, 0) is 55.8 Å². The van der Waals surface area contributed by atoms with E-state index in [4.69, 9.17) is 4.98 Å². The van der Waals surface area contributed by atoms with E-state index in [1.807, 2.05) is 49.4 Å². The molecule has 5 aromatic rings. The van der Waals surface area contributed by atoms with Crippen LogP contribution in [-0.2, 0) is 23.9 Å². The Kier molecular flexibility index (Phi) is 7.70. The topological polar surface area (TPSA) is 69.3 Å². The summed E-state index contributed by atoms with van der Waals surface area (Å²) in [5.74, 6) is 0.0432. The number of carbonyl (C=O) groups is 1. The van der Waals surface area contributed by atoms with E-state index in [0.717, 1.165) is 23.4 Å². The smallest absolute Gasteiger partial charge is 0.322 e. The molecule has 0 aliphatic carbocycles. The molecule has 1 N–H and O–H groups in total. The van der Waals surface area contributed by atoms with Crippen LogP contribution in [-0.4, -0.2) is 20.4 Å². The lowest BCUT2D eigenvalue weighted by Crippen LogP contribution is -2.39. The fourth-order valence-corrected chi connectivity index (χ4v) is 4.75. The average molecular weight is 558 g/mol. The maximum Gasteiger partial charge on any atom is 0.416 e. The van der Waals surface area contributed by atoms with Gasteiger partial charge in [0.15, 0.2) is 11.9 Å². The van der Waals surface area contributed by atoms with E-state index in [9.17, 15) is 22.8 Å². The van der Waals surface area contributed by atoms with Crippen LogP contribution in [0.3, 0.4) is 0 Å². The van der Waals surface area contributed by atoms with Gasteiger partial charge in [0.25, 0.3) is 5.56 Å². The first-order valence-corrected chi connectivity index (χ1v) is 13.1. The molecule has 0 saturated heterocycles. The van der Waals surface area contributed by atoms with E-state index >= 15 is 0 Å². The number of aryl methyl sites for hydroxylation is 1. The van der Waals surface area contributed by atoms with Gasteiger partial charge in [0, 0.05) is 12.1 Å². The number of benzene rings is 3. The fraction of sp³-hybridized carbons (Fsp3) is 0.188. The molecular formula is C32H28F3N4O2+. The van der Waals surface area contributed by atoms with Gasteiger partial charge in [-0.1, -0.05) is 48.0 Å². The summed E-state index contributed by atoms with van der Waals surface area (Å²) in [6.45, 7) is 3.92. The van der Waals surface area contributed by atoms with Gasteiger partial charge >= 0.3 is 6.18 Å². The van der Waals surface area contributed by atoms with Crippen molar-refractivity contribution in [1.82, 2.24) is 14.5 Å². The van der Waals surface area contributed by atoms with Gasteiger partial charge in [-0.2, -0.15) is 13.2 Å². The Labute approximate surface area is 234 Å². The Balaban J connectivity index is 1.59. The second-order valence-electron chi connectivity index (χ2n) is 9.92. The van der Waals surface area contributed by atoms with Crippen molar-refractivity contribution in [3.63, 3.8) is 0 Å². The number of carbonyl (C=O) groups excluding carboxylic acids is 1. The van der Waals surface area contributed by atoms with Gasteiger partial charge < -0.3 is 4.90 Å². The Morgan fingerprint density at radius 2 is 1.63 bits per heavy atom. The molecule has 0 saturated carbocycles. The van der Waals surface area contributed by atoms with Crippen LogP contribution in [0.25, 0.3) is 16.6 Å². The molecule has 5 rings (SSSR count). The number of pyridine rings is 1. The molecule has 41 heavy (non-hydrogen) atoms. The first kappa shape index (κ1) is 27.8. The normalized spacial score (nSPS) is 12.3.